The lowest BCUT2D eigenvalue weighted by Gasteiger charge is -2.24. The molecule has 2 heterocycles. The zero-order valence-corrected chi connectivity index (χ0v) is 7.25. The molecule has 2 rings (SSSR count). The van der Waals surface area contributed by atoms with Crippen LogP contribution in [0.3, 0.4) is 0 Å². The molecule has 1 N–H and O–H groups in total. The first-order valence-corrected chi connectivity index (χ1v) is 4.45. The highest BCUT2D eigenvalue weighted by atomic mass is 16.5. The highest BCUT2D eigenvalue weighted by molar-refractivity contribution is 5.76. The summed E-state index contributed by atoms with van der Waals surface area (Å²) >= 11 is 0. The summed E-state index contributed by atoms with van der Waals surface area (Å²) in [7, 11) is 0. The van der Waals surface area contributed by atoms with Gasteiger partial charge in [0.05, 0.1) is 12.1 Å². The minimum Gasteiger partial charge on any atom is -0.376 e. The summed E-state index contributed by atoms with van der Waals surface area (Å²) < 4.78 is 5.40. The Labute approximate surface area is 71.9 Å². The van der Waals surface area contributed by atoms with Gasteiger partial charge in [0.2, 0.25) is 0 Å². The second-order valence-corrected chi connectivity index (χ2v) is 3.36. The molecule has 2 fully saturated rings. The van der Waals surface area contributed by atoms with E-state index in [1.54, 1.807) is 0 Å². The van der Waals surface area contributed by atoms with Crippen LogP contribution >= 0.6 is 0 Å². The lowest BCUT2D eigenvalue weighted by Crippen LogP contribution is -2.41. The Morgan fingerprint density at radius 2 is 2.50 bits per heavy atom. The Morgan fingerprint density at radius 3 is 3.00 bits per heavy atom. The van der Waals surface area contributed by atoms with Gasteiger partial charge in [-0.1, -0.05) is 0 Å². The zero-order valence-electron chi connectivity index (χ0n) is 7.25. The monoisotopic (exact) mass is 170 g/mol. The van der Waals surface area contributed by atoms with Gasteiger partial charge >= 0.3 is 6.03 Å². The maximum atomic E-state index is 11.3. The third-order valence-corrected chi connectivity index (χ3v) is 2.63. The predicted molar refractivity (Wildman–Crippen MR) is 43.9 cm³/mol. The van der Waals surface area contributed by atoms with E-state index in [0.717, 1.165) is 26.1 Å². The number of ether oxygens (including phenoxy) is 1. The van der Waals surface area contributed by atoms with Crippen molar-refractivity contribution in [3.8, 4) is 0 Å². The van der Waals surface area contributed by atoms with E-state index in [1.807, 2.05) is 11.8 Å². The third-order valence-electron chi connectivity index (χ3n) is 2.63. The number of urea groups is 1. The van der Waals surface area contributed by atoms with Gasteiger partial charge in [0.1, 0.15) is 0 Å². The van der Waals surface area contributed by atoms with Gasteiger partial charge < -0.3 is 15.0 Å². The molecule has 2 amide bonds. The van der Waals surface area contributed by atoms with Crippen LogP contribution in [0.5, 0.6) is 0 Å². The van der Waals surface area contributed by atoms with E-state index in [-0.39, 0.29) is 12.1 Å². The van der Waals surface area contributed by atoms with E-state index in [0.29, 0.717) is 6.04 Å². The Hall–Kier alpha value is -0.770. The van der Waals surface area contributed by atoms with E-state index in [1.165, 1.54) is 0 Å². The average molecular weight is 170 g/mol. The van der Waals surface area contributed by atoms with Crippen molar-refractivity contribution < 1.29 is 9.53 Å². The molecule has 0 aliphatic carbocycles. The number of amides is 2. The van der Waals surface area contributed by atoms with Gasteiger partial charge in [0, 0.05) is 19.7 Å². The van der Waals surface area contributed by atoms with Crippen LogP contribution in [0.1, 0.15) is 13.3 Å². The van der Waals surface area contributed by atoms with Crippen molar-refractivity contribution >= 4 is 6.03 Å². The van der Waals surface area contributed by atoms with Gasteiger partial charge in [0.25, 0.3) is 0 Å². The standard InChI is InChI=1S/C8H14N2O2/c1-6-7(2-5-12-6)10-4-3-9-8(10)11/h6-7H,2-5H2,1H3,(H,9,11). The lowest BCUT2D eigenvalue weighted by molar-refractivity contribution is 0.0904. The molecule has 2 unspecified atom stereocenters. The van der Waals surface area contributed by atoms with E-state index >= 15 is 0 Å². The summed E-state index contributed by atoms with van der Waals surface area (Å²) in [5.41, 5.74) is 0. The number of nitrogens with zero attached hydrogens (tertiary/aromatic N) is 1. The summed E-state index contributed by atoms with van der Waals surface area (Å²) in [5, 5.41) is 2.80. The first-order chi connectivity index (χ1) is 5.79. The second-order valence-electron chi connectivity index (χ2n) is 3.36. The Kier molecular flexibility index (Phi) is 1.92. The number of carbonyl (C=O) groups excluding carboxylic acids is 1. The first kappa shape index (κ1) is 7.86. The van der Waals surface area contributed by atoms with Crippen LogP contribution in [0.2, 0.25) is 0 Å². The summed E-state index contributed by atoms with van der Waals surface area (Å²) in [6.45, 7) is 4.43. The largest absolute Gasteiger partial charge is 0.376 e. The van der Waals surface area contributed by atoms with Gasteiger partial charge in [-0.2, -0.15) is 0 Å². The van der Waals surface area contributed by atoms with Crippen LogP contribution in [0, 0.1) is 0 Å². The Balaban J connectivity index is 2.03. The summed E-state index contributed by atoms with van der Waals surface area (Å²) in [5.74, 6) is 0. The fourth-order valence-corrected chi connectivity index (χ4v) is 1.93. The molecule has 0 spiro atoms. The molecule has 0 aromatic heterocycles. The molecular formula is C8H14N2O2. The summed E-state index contributed by atoms with van der Waals surface area (Å²) in [4.78, 5) is 13.2. The van der Waals surface area contributed by atoms with Crippen molar-refractivity contribution in [3.05, 3.63) is 0 Å². The molecule has 12 heavy (non-hydrogen) atoms. The highest BCUT2D eigenvalue weighted by Crippen LogP contribution is 2.20. The van der Waals surface area contributed by atoms with Crippen molar-refractivity contribution in [1.82, 2.24) is 10.2 Å². The van der Waals surface area contributed by atoms with Gasteiger partial charge in [-0.25, -0.2) is 4.79 Å². The van der Waals surface area contributed by atoms with Crippen LogP contribution in [0.4, 0.5) is 4.79 Å². The number of nitrogens with one attached hydrogen (secondary N) is 1. The number of carbonyl (C=O) groups is 1. The molecule has 4 heteroatoms. The SMILES string of the molecule is CC1OCCC1N1CCNC1=O. The van der Waals surface area contributed by atoms with Crippen LogP contribution in [-0.2, 0) is 4.74 Å². The molecule has 0 bridgehead atoms. The van der Waals surface area contributed by atoms with Gasteiger partial charge in [-0.05, 0) is 13.3 Å². The van der Waals surface area contributed by atoms with Crippen molar-refractivity contribution in [1.29, 1.82) is 0 Å². The smallest absolute Gasteiger partial charge is 0.317 e. The molecule has 2 atom stereocenters. The molecule has 2 saturated heterocycles. The minimum atomic E-state index is 0.0670. The first-order valence-electron chi connectivity index (χ1n) is 4.45. The normalized spacial score (nSPS) is 35.8. The van der Waals surface area contributed by atoms with Gasteiger partial charge in [-0.3, -0.25) is 0 Å². The fourth-order valence-electron chi connectivity index (χ4n) is 1.93. The minimum absolute atomic E-state index is 0.0670. The van der Waals surface area contributed by atoms with Crippen molar-refractivity contribution in [3.63, 3.8) is 0 Å². The van der Waals surface area contributed by atoms with Crippen molar-refractivity contribution in [2.24, 2.45) is 0 Å². The third kappa shape index (κ3) is 1.16. The topological polar surface area (TPSA) is 41.6 Å². The highest BCUT2D eigenvalue weighted by Gasteiger charge is 2.34. The predicted octanol–water partition coefficient (Wildman–Crippen LogP) is 0.189. The van der Waals surface area contributed by atoms with Gasteiger partial charge in [0.15, 0.2) is 0 Å². The number of hydrogen-bond acceptors (Lipinski definition) is 2. The molecule has 0 aromatic rings. The van der Waals surface area contributed by atoms with Crippen LogP contribution < -0.4 is 5.32 Å². The molecule has 68 valence electrons. The summed E-state index contributed by atoms with van der Waals surface area (Å²) in [6.07, 6.45) is 1.18. The van der Waals surface area contributed by atoms with Crippen LogP contribution in [0.15, 0.2) is 0 Å². The molecule has 2 aliphatic heterocycles. The zero-order chi connectivity index (χ0) is 8.55. The van der Waals surface area contributed by atoms with Crippen LogP contribution in [0.25, 0.3) is 0 Å². The van der Waals surface area contributed by atoms with E-state index in [9.17, 15) is 4.79 Å². The maximum Gasteiger partial charge on any atom is 0.317 e. The fraction of sp³-hybridized carbons (Fsp3) is 0.875. The summed E-state index contributed by atoms with van der Waals surface area (Å²) in [6, 6.07) is 0.366. The molecule has 0 aromatic carbocycles. The van der Waals surface area contributed by atoms with Gasteiger partial charge in [-0.15, -0.1) is 0 Å². The molecule has 2 aliphatic rings. The number of hydrogen-bond donors (Lipinski definition) is 1. The average Bonchev–Trinajstić information content (AvgIpc) is 2.59. The molecule has 4 nitrogen and oxygen atoms in total. The van der Waals surface area contributed by atoms with Crippen molar-refractivity contribution in [2.45, 2.75) is 25.5 Å². The Morgan fingerprint density at radius 1 is 1.67 bits per heavy atom. The van der Waals surface area contributed by atoms with Crippen LogP contribution in [-0.4, -0.2) is 42.8 Å². The van der Waals surface area contributed by atoms with E-state index in [2.05, 4.69) is 5.32 Å². The molecular weight excluding hydrogens is 156 g/mol. The molecule has 0 radical (unpaired) electrons. The second kappa shape index (κ2) is 2.94. The molecule has 0 saturated carbocycles. The van der Waals surface area contributed by atoms with Crippen molar-refractivity contribution in [2.75, 3.05) is 19.7 Å². The van der Waals surface area contributed by atoms with E-state index in [4.69, 9.17) is 4.74 Å². The maximum absolute atomic E-state index is 11.3. The quantitative estimate of drug-likeness (QED) is 0.610. The number of rotatable bonds is 1. The lowest BCUT2D eigenvalue weighted by atomic mass is 10.1. The Bertz CT molecular complexity index is 195. The van der Waals surface area contributed by atoms with E-state index < -0.39 is 0 Å².